The van der Waals surface area contributed by atoms with E-state index in [1.54, 1.807) is 0 Å². The van der Waals surface area contributed by atoms with Crippen LogP contribution in [-0.2, 0) is 0 Å². The van der Waals surface area contributed by atoms with E-state index in [1.165, 1.54) is 31.9 Å². The summed E-state index contributed by atoms with van der Waals surface area (Å²) in [6.07, 6.45) is 0. The van der Waals surface area contributed by atoms with Crippen molar-refractivity contribution in [1.29, 1.82) is 5.26 Å². The molecule has 0 saturated carbocycles. The average molecular weight is 869 g/mol. The highest BCUT2D eigenvalue weighted by molar-refractivity contribution is 7.20. The Morgan fingerprint density at radius 1 is 0.388 bits per heavy atom. The third-order valence-electron chi connectivity index (χ3n) is 13.5. The first kappa shape index (κ1) is 39.6. The normalized spacial score (nSPS) is 11.6. The summed E-state index contributed by atoms with van der Waals surface area (Å²) in [5, 5.41) is 19.8. The second-order valence-corrected chi connectivity index (χ2v) is 20.9. The summed E-state index contributed by atoms with van der Waals surface area (Å²) >= 11 is 0. The molecule has 67 heavy (non-hydrogen) atoms. The minimum absolute atomic E-state index is 0.598. The van der Waals surface area contributed by atoms with Crippen LogP contribution in [-0.4, -0.2) is 17.2 Å². The molecule has 0 atom stereocenters. The van der Waals surface area contributed by atoms with Crippen molar-refractivity contribution >= 4 is 78.1 Å². The standard InChI is InChI=1S/C62H40N4Si/c1-64-47-20-14-21-48(40-47)66-59-32-12-11-29-55(59)56-31-16-30-54(62(56)66)46-34-36-61-58(39-46)57-37-43(42-63)33-35-60(57)65(61)49-22-15-28-53(41-49)67(50-23-7-3-8-24-50,51-25-9-4-10-26-51)52-27-13-19-45(38-52)44-17-5-2-6-18-44/h2-41H. The van der Waals surface area contributed by atoms with E-state index in [4.69, 9.17) is 6.57 Å². The van der Waals surface area contributed by atoms with Crippen LogP contribution in [0.1, 0.15) is 5.56 Å². The molecule has 10 aromatic carbocycles. The molecule has 2 heterocycles. The van der Waals surface area contributed by atoms with Crippen molar-refractivity contribution in [3.63, 3.8) is 0 Å². The highest BCUT2D eigenvalue weighted by atomic mass is 28.3. The lowest BCUT2D eigenvalue weighted by atomic mass is 9.99. The Hall–Kier alpha value is -9.00. The fourth-order valence-corrected chi connectivity index (χ4v) is 15.4. The van der Waals surface area contributed by atoms with Crippen molar-refractivity contribution in [2.75, 3.05) is 0 Å². The number of nitrogens with zero attached hydrogens (tertiary/aromatic N) is 4. The molecule has 0 spiro atoms. The molecule has 0 amide bonds. The van der Waals surface area contributed by atoms with Gasteiger partial charge in [-0.1, -0.05) is 182 Å². The number of aromatic nitrogens is 2. The molecule has 0 bridgehead atoms. The Morgan fingerprint density at radius 2 is 0.940 bits per heavy atom. The van der Waals surface area contributed by atoms with Crippen LogP contribution in [0.2, 0.25) is 0 Å². The van der Waals surface area contributed by atoms with E-state index in [-0.39, 0.29) is 0 Å². The zero-order valence-electron chi connectivity index (χ0n) is 36.4. The third kappa shape index (κ3) is 6.41. The Labute approximate surface area is 390 Å². The van der Waals surface area contributed by atoms with Crippen molar-refractivity contribution in [1.82, 2.24) is 9.13 Å². The lowest BCUT2D eigenvalue weighted by Crippen LogP contribution is -2.74. The van der Waals surface area contributed by atoms with Gasteiger partial charge in [0.15, 0.2) is 13.8 Å². The molecule has 0 saturated heterocycles. The number of hydrogen-bond donors (Lipinski definition) is 0. The Kier molecular flexibility index (Phi) is 9.58. The summed E-state index contributed by atoms with van der Waals surface area (Å²) in [6.45, 7) is 7.80. The van der Waals surface area contributed by atoms with Crippen LogP contribution in [0.25, 0.3) is 82.1 Å². The molecular formula is C62H40N4Si. The van der Waals surface area contributed by atoms with Crippen molar-refractivity contribution in [3.8, 4) is 39.7 Å². The molecule has 5 heteroatoms. The van der Waals surface area contributed by atoms with Crippen LogP contribution in [0.5, 0.6) is 0 Å². The summed E-state index contributed by atoms with van der Waals surface area (Å²) in [4.78, 5) is 3.78. The lowest BCUT2D eigenvalue weighted by Gasteiger charge is -2.35. The molecule has 0 N–H and O–H groups in total. The van der Waals surface area contributed by atoms with Crippen molar-refractivity contribution in [2.45, 2.75) is 0 Å². The van der Waals surface area contributed by atoms with Crippen molar-refractivity contribution in [2.24, 2.45) is 0 Å². The third-order valence-corrected chi connectivity index (χ3v) is 18.2. The van der Waals surface area contributed by atoms with E-state index in [2.05, 4.69) is 232 Å². The second-order valence-electron chi connectivity index (χ2n) is 17.1. The van der Waals surface area contributed by atoms with Gasteiger partial charge in [-0.25, -0.2) is 4.85 Å². The molecule has 0 aliphatic rings. The largest absolute Gasteiger partial charge is 0.310 e. The van der Waals surface area contributed by atoms with Gasteiger partial charge in [-0.3, -0.25) is 0 Å². The molecule has 4 nitrogen and oxygen atoms in total. The predicted molar refractivity (Wildman–Crippen MR) is 281 cm³/mol. The highest BCUT2D eigenvalue weighted by Crippen LogP contribution is 2.41. The molecule has 12 rings (SSSR count). The monoisotopic (exact) mass is 868 g/mol. The zero-order valence-corrected chi connectivity index (χ0v) is 37.4. The highest BCUT2D eigenvalue weighted by Gasteiger charge is 2.42. The molecule has 0 unspecified atom stereocenters. The van der Waals surface area contributed by atoms with Crippen LogP contribution < -0.4 is 20.7 Å². The molecule has 312 valence electrons. The number of benzene rings is 10. The number of rotatable bonds is 8. The maximum Gasteiger partial charge on any atom is 0.189 e. The van der Waals surface area contributed by atoms with Crippen molar-refractivity contribution < 1.29 is 0 Å². The topological polar surface area (TPSA) is 38.0 Å². The number of hydrogen-bond acceptors (Lipinski definition) is 1. The number of para-hydroxylation sites is 2. The van der Waals surface area contributed by atoms with Crippen molar-refractivity contribution in [3.05, 3.63) is 260 Å². The predicted octanol–water partition coefficient (Wildman–Crippen LogP) is 13.0. The Bertz CT molecular complexity index is 3910. The fourth-order valence-electron chi connectivity index (χ4n) is 10.6. The van der Waals surface area contributed by atoms with Gasteiger partial charge in [0.05, 0.1) is 40.3 Å². The first-order valence-corrected chi connectivity index (χ1v) is 24.5. The Morgan fingerprint density at radius 3 is 1.67 bits per heavy atom. The molecule has 0 aliphatic heterocycles. The first-order valence-electron chi connectivity index (χ1n) is 22.5. The van der Waals surface area contributed by atoms with Crippen LogP contribution in [0.3, 0.4) is 0 Å². The van der Waals surface area contributed by atoms with Crippen LogP contribution >= 0.6 is 0 Å². The van der Waals surface area contributed by atoms with E-state index < -0.39 is 8.07 Å². The van der Waals surface area contributed by atoms with E-state index in [0.29, 0.717) is 11.3 Å². The second kappa shape index (κ2) is 16.2. The molecule has 2 aromatic heterocycles. The summed E-state index contributed by atoms with van der Waals surface area (Å²) in [5.74, 6) is 0. The van der Waals surface area contributed by atoms with E-state index in [0.717, 1.165) is 66.1 Å². The van der Waals surface area contributed by atoms with Gasteiger partial charge in [0.25, 0.3) is 0 Å². The molecule has 12 aromatic rings. The van der Waals surface area contributed by atoms with Crippen LogP contribution in [0.15, 0.2) is 243 Å². The minimum atomic E-state index is -2.97. The smallest absolute Gasteiger partial charge is 0.189 e. The molecule has 0 aliphatic carbocycles. The van der Waals surface area contributed by atoms with Gasteiger partial charge >= 0.3 is 0 Å². The van der Waals surface area contributed by atoms with Gasteiger partial charge in [-0.15, -0.1) is 0 Å². The number of fused-ring (bicyclic) bond motifs is 6. The van der Waals surface area contributed by atoms with E-state index >= 15 is 0 Å². The maximum atomic E-state index is 10.3. The SMILES string of the molecule is [C-]#[N+]c1cccc(-n2c3ccccc3c3cccc(-c4ccc5c(c4)c4cc(C#N)ccc4n5-c4cccc([Si](c5ccccc5)(c5ccccc5)c5cccc(-c6ccccc6)c5)c4)c32)c1. The first-order chi connectivity index (χ1) is 33.1. The average Bonchev–Trinajstić information content (AvgIpc) is 3.92. The molecule has 0 fully saturated rings. The number of nitriles is 1. The van der Waals surface area contributed by atoms with Gasteiger partial charge in [0, 0.05) is 38.5 Å². The molecule has 0 radical (unpaired) electrons. The Balaban J connectivity index is 1.10. The fraction of sp³-hybridized carbons (Fsp3) is 0. The van der Waals surface area contributed by atoms with Gasteiger partial charge in [-0.05, 0) is 98.1 Å². The summed E-state index contributed by atoms with van der Waals surface area (Å²) < 4.78 is 4.68. The minimum Gasteiger partial charge on any atom is -0.310 e. The van der Waals surface area contributed by atoms with E-state index in [1.807, 2.05) is 30.3 Å². The summed E-state index contributed by atoms with van der Waals surface area (Å²) in [6, 6.07) is 89.4. The lowest BCUT2D eigenvalue weighted by molar-refractivity contribution is 1.18. The quantitative estimate of drug-likeness (QED) is 0.0852. The summed E-state index contributed by atoms with van der Waals surface area (Å²) in [5.41, 5.74) is 12.0. The van der Waals surface area contributed by atoms with E-state index in [9.17, 15) is 5.26 Å². The van der Waals surface area contributed by atoms with Gasteiger partial charge in [-0.2, -0.15) is 5.26 Å². The summed E-state index contributed by atoms with van der Waals surface area (Å²) in [7, 11) is -2.97. The molecular weight excluding hydrogens is 829 g/mol. The van der Waals surface area contributed by atoms with Crippen LogP contribution in [0, 0.1) is 17.9 Å². The van der Waals surface area contributed by atoms with Gasteiger partial charge < -0.3 is 9.13 Å². The van der Waals surface area contributed by atoms with Crippen LogP contribution in [0.4, 0.5) is 5.69 Å². The van der Waals surface area contributed by atoms with Gasteiger partial charge in [0.1, 0.15) is 0 Å². The zero-order chi connectivity index (χ0) is 44.9. The maximum absolute atomic E-state index is 10.3. The van der Waals surface area contributed by atoms with Gasteiger partial charge in [0.2, 0.25) is 0 Å².